The van der Waals surface area contributed by atoms with E-state index in [4.69, 9.17) is 5.73 Å². The summed E-state index contributed by atoms with van der Waals surface area (Å²) >= 11 is 1.37. The predicted molar refractivity (Wildman–Crippen MR) is 101 cm³/mol. The first-order valence-corrected chi connectivity index (χ1v) is 9.25. The fourth-order valence-electron chi connectivity index (χ4n) is 2.56. The number of thioether (sulfide) groups is 1. The quantitative estimate of drug-likeness (QED) is 0.768. The Hall–Kier alpha value is -1.24. The summed E-state index contributed by atoms with van der Waals surface area (Å²) < 4.78 is 0. The summed E-state index contributed by atoms with van der Waals surface area (Å²) in [7, 11) is 0. The lowest BCUT2D eigenvalue weighted by Crippen LogP contribution is -2.37. The van der Waals surface area contributed by atoms with E-state index in [-0.39, 0.29) is 30.3 Å². The summed E-state index contributed by atoms with van der Waals surface area (Å²) in [5.74, 6) is 0.732. The number of nitrogens with two attached hydrogens (primary N) is 1. The van der Waals surface area contributed by atoms with Crippen molar-refractivity contribution < 1.29 is 9.59 Å². The molecule has 0 saturated carbocycles. The van der Waals surface area contributed by atoms with E-state index in [1.54, 1.807) is 0 Å². The Labute approximate surface area is 154 Å². The fourth-order valence-corrected chi connectivity index (χ4v) is 3.31. The maximum absolute atomic E-state index is 12.0. The minimum Gasteiger partial charge on any atom is -0.353 e. The van der Waals surface area contributed by atoms with Crippen LogP contribution in [0.25, 0.3) is 0 Å². The van der Waals surface area contributed by atoms with E-state index >= 15 is 0 Å². The molecule has 0 aliphatic carbocycles. The van der Waals surface area contributed by atoms with E-state index in [9.17, 15) is 9.59 Å². The molecule has 2 amide bonds. The van der Waals surface area contributed by atoms with Crippen LogP contribution in [-0.4, -0.2) is 47.9 Å². The number of nitrogens with zero attached hydrogens (tertiary/aromatic N) is 1. The number of rotatable bonds is 7. The van der Waals surface area contributed by atoms with Gasteiger partial charge < -0.3 is 16.0 Å². The van der Waals surface area contributed by atoms with Crippen molar-refractivity contribution in [1.29, 1.82) is 0 Å². The van der Waals surface area contributed by atoms with Crippen LogP contribution >= 0.6 is 24.2 Å². The summed E-state index contributed by atoms with van der Waals surface area (Å²) in [6.07, 6.45) is 3.39. The zero-order chi connectivity index (χ0) is 16.5. The smallest absolute Gasteiger partial charge is 0.232 e. The highest BCUT2D eigenvalue weighted by Gasteiger charge is 2.16. The molecule has 1 aliphatic rings. The molecule has 3 N–H and O–H groups in total. The highest BCUT2D eigenvalue weighted by Crippen LogP contribution is 2.11. The van der Waals surface area contributed by atoms with Crippen molar-refractivity contribution in [2.45, 2.75) is 25.3 Å². The van der Waals surface area contributed by atoms with E-state index < -0.39 is 0 Å². The molecule has 5 nitrogen and oxygen atoms in total. The van der Waals surface area contributed by atoms with E-state index in [0.29, 0.717) is 18.1 Å². The van der Waals surface area contributed by atoms with Crippen LogP contribution in [0.4, 0.5) is 0 Å². The number of nitrogens with one attached hydrogen (secondary N) is 1. The molecule has 0 bridgehead atoms. The van der Waals surface area contributed by atoms with Gasteiger partial charge in [0.15, 0.2) is 0 Å². The average molecular weight is 372 g/mol. The minimum absolute atomic E-state index is 0. The van der Waals surface area contributed by atoms with Crippen LogP contribution in [0.15, 0.2) is 30.3 Å². The van der Waals surface area contributed by atoms with E-state index in [1.807, 2.05) is 35.2 Å². The Morgan fingerprint density at radius 3 is 2.46 bits per heavy atom. The molecule has 2 rings (SSSR count). The monoisotopic (exact) mass is 371 g/mol. The van der Waals surface area contributed by atoms with Crippen molar-refractivity contribution in [2.75, 3.05) is 31.1 Å². The van der Waals surface area contributed by atoms with Crippen LogP contribution in [0.5, 0.6) is 0 Å². The molecule has 0 radical (unpaired) electrons. The molecule has 1 atom stereocenters. The van der Waals surface area contributed by atoms with Gasteiger partial charge in [-0.1, -0.05) is 30.3 Å². The molecule has 1 unspecified atom stereocenters. The van der Waals surface area contributed by atoms with E-state index in [0.717, 1.165) is 31.5 Å². The molecule has 134 valence electrons. The van der Waals surface area contributed by atoms with Gasteiger partial charge in [0, 0.05) is 25.7 Å². The molecule has 1 fully saturated rings. The van der Waals surface area contributed by atoms with Gasteiger partial charge in [0.05, 0.1) is 11.5 Å². The number of benzene rings is 1. The Morgan fingerprint density at radius 1 is 1.12 bits per heavy atom. The normalized spacial score (nSPS) is 15.3. The second kappa shape index (κ2) is 11.3. The number of hydrogen-bond acceptors (Lipinski definition) is 4. The van der Waals surface area contributed by atoms with Crippen molar-refractivity contribution in [1.82, 2.24) is 10.2 Å². The number of halogens is 1. The molecular weight excluding hydrogens is 346 g/mol. The molecule has 7 heteroatoms. The molecule has 1 heterocycles. The first-order valence-electron chi connectivity index (χ1n) is 8.09. The van der Waals surface area contributed by atoms with Gasteiger partial charge in [0.2, 0.25) is 11.8 Å². The second-order valence-electron chi connectivity index (χ2n) is 5.76. The molecule has 1 aromatic carbocycles. The van der Waals surface area contributed by atoms with Gasteiger partial charge >= 0.3 is 0 Å². The highest BCUT2D eigenvalue weighted by atomic mass is 35.5. The van der Waals surface area contributed by atoms with Gasteiger partial charge in [-0.15, -0.1) is 24.2 Å². The number of amides is 2. The minimum atomic E-state index is -0.208. The van der Waals surface area contributed by atoms with Gasteiger partial charge in [-0.2, -0.15) is 0 Å². The number of carbonyl (C=O) groups is 2. The van der Waals surface area contributed by atoms with Gasteiger partial charge in [0.25, 0.3) is 0 Å². The van der Waals surface area contributed by atoms with Crippen molar-refractivity contribution in [3.8, 4) is 0 Å². The molecule has 1 aliphatic heterocycles. The second-order valence-corrected chi connectivity index (χ2v) is 6.74. The fraction of sp³-hybridized carbons (Fsp3) is 0.529. The lowest BCUT2D eigenvalue weighted by atomic mass is 10.1. The topological polar surface area (TPSA) is 75.4 Å². The van der Waals surface area contributed by atoms with Gasteiger partial charge in [-0.25, -0.2) is 0 Å². The van der Waals surface area contributed by atoms with Crippen LogP contribution in [0, 0.1) is 0 Å². The number of hydrogen-bond donors (Lipinski definition) is 2. The molecule has 1 aromatic rings. The standard InChI is InChI=1S/C17H25N3O2S.ClH/c18-15(14-7-3-1-4-8-14)11-19-16(21)12-23-13-17(22)20-9-5-2-6-10-20;/h1,3-4,7-8,15H,2,5-6,9-13,18H2,(H,19,21);1H. The Kier molecular flexibility index (Phi) is 9.83. The highest BCUT2D eigenvalue weighted by molar-refractivity contribution is 8.00. The van der Waals surface area contributed by atoms with Crippen molar-refractivity contribution >= 4 is 36.0 Å². The summed E-state index contributed by atoms with van der Waals surface area (Å²) in [6, 6.07) is 9.48. The summed E-state index contributed by atoms with van der Waals surface area (Å²) in [5.41, 5.74) is 7.04. The predicted octanol–water partition coefficient (Wildman–Crippen LogP) is 1.97. The molecule has 1 saturated heterocycles. The first-order chi connectivity index (χ1) is 11.2. The van der Waals surface area contributed by atoms with E-state index in [1.165, 1.54) is 18.2 Å². The van der Waals surface area contributed by atoms with E-state index in [2.05, 4.69) is 5.32 Å². The Bertz CT molecular complexity index is 510. The van der Waals surface area contributed by atoms with Crippen molar-refractivity contribution in [3.63, 3.8) is 0 Å². The molecule has 24 heavy (non-hydrogen) atoms. The molecular formula is C17H26ClN3O2S. The Balaban J connectivity index is 0.00000288. The molecule has 0 aromatic heterocycles. The maximum Gasteiger partial charge on any atom is 0.232 e. The van der Waals surface area contributed by atoms with Gasteiger partial charge in [-0.05, 0) is 24.8 Å². The number of piperidine rings is 1. The summed E-state index contributed by atoms with van der Waals surface area (Å²) in [4.78, 5) is 25.7. The number of likely N-dealkylation sites (tertiary alicyclic amines) is 1. The largest absolute Gasteiger partial charge is 0.353 e. The zero-order valence-corrected chi connectivity index (χ0v) is 15.4. The summed E-state index contributed by atoms with van der Waals surface area (Å²) in [6.45, 7) is 2.12. The number of carbonyl (C=O) groups excluding carboxylic acids is 2. The lowest BCUT2D eigenvalue weighted by Gasteiger charge is -2.26. The molecule has 0 spiro atoms. The van der Waals surface area contributed by atoms with Crippen LogP contribution in [0.2, 0.25) is 0 Å². The van der Waals surface area contributed by atoms with Gasteiger partial charge in [-0.3, -0.25) is 9.59 Å². The van der Waals surface area contributed by atoms with Crippen molar-refractivity contribution in [2.24, 2.45) is 5.73 Å². The maximum atomic E-state index is 12.0. The zero-order valence-electron chi connectivity index (χ0n) is 13.8. The van der Waals surface area contributed by atoms with Crippen LogP contribution in [0.3, 0.4) is 0 Å². The van der Waals surface area contributed by atoms with Gasteiger partial charge in [0.1, 0.15) is 0 Å². The summed E-state index contributed by atoms with van der Waals surface area (Å²) in [5, 5.41) is 2.82. The lowest BCUT2D eigenvalue weighted by molar-refractivity contribution is -0.129. The first kappa shape index (κ1) is 20.8. The Morgan fingerprint density at radius 2 is 1.79 bits per heavy atom. The average Bonchev–Trinajstić information content (AvgIpc) is 2.61. The SMILES string of the molecule is Cl.NC(CNC(=O)CSCC(=O)N1CCCCC1)c1ccccc1. The van der Waals surface area contributed by atoms with Crippen LogP contribution in [-0.2, 0) is 9.59 Å². The third kappa shape index (κ3) is 7.11. The van der Waals surface area contributed by atoms with Crippen molar-refractivity contribution in [3.05, 3.63) is 35.9 Å². The third-order valence-corrected chi connectivity index (χ3v) is 4.83. The third-order valence-electron chi connectivity index (χ3n) is 3.91. The van der Waals surface area contributed by atoms with Crippen LogP contribution in [0.1, 0.15) is 30.9 Å². The van der Waals surface area contributed by atoms with Crippen LogP contribution < -0.4 is 11.1 Å².